The van der Waals surface area contributed by atoms with E-state index in [0.717, 1.165) is 0 Å². The van der Waals surface area contributed by atoms with E-state index in [9.17, 15) is 8.42 Å². The zero-order valence-electron chi connectivity index (χ0n) is 7.07. The van der Waals surface area contributed by atoms with Crippen LogP contribution >= 0.6 is 15.9 Å². The number of sulfone groups is 1. The van der Waals surface area contributed by atoms with E-state index in [4.69, 9.17) is 0 Å². The van der Waals surface area contributed by atoms with Gasteiger partial charge in [-0.25, -0.2) is 8.42 Å². The maximum absolute atomic E-state index is 11.6. The number of benzene rings is 1. The van der Waals surface area contributed by atoms with E-state index >= 15 is 0 Å². The highest BCUT2D eigenvalue weighted by molar-refractivity contribution is 9.13. The number of allylic oxidation sites excluding steroid dienone is 1. The molecule has 0 saturated carbocycles. The molecule has 0 aliphatic rings. The van der Waals surface area contributed by atoms with Crippen molar-refractivity contribution in [2.24, 2.45) is 0 Å². The van der Waals surface area contributed by atoms with Crippen LogP contribution in [-0.4, -0.2) is 8.42 Å². The first-order chi connectivity index (χ1) is 6.09. The van der Waals surface area contributed by atoms with Gasteiger partial charge >= 0.3 is 0 Å². The molecule has 4 heteroatoms. The van der Waals surface area contributed by atoms with E-state index in [0.29, 0.717) is 4.90 Å². The fourth-order valence-electron chi connectivity index (χ4n) is 0.867. The summed E-state index contributed by atoms with van der Waals surface area (Å²) in [5.41, 5.74) is 0. The third kappa shape index (κ3) is 2.19. The van der Waals surface area contributed by atoms with Crippen molar-refractivity contribution in [1.82, 2.24) is 0 Å². The van der Waals surface area contributed by atoms with Crippen LogP contribution in [0.25, 0.3) is 0 Å². The lowest BCUT2D eigenvalue weighted by Gasteiger charge is -2.01. The van der Waals surface area contributed by atoms with Gasteiger partial charge in [-0.15, -0.1) is 0 Å². The van der Waals surface area contributed by atoms with Crippen molar-refractivity contribution < 1.29 is 8.42 Å². The Morgan fingerprint density at radius 3 is 2.31 bits per heavy atom. The molecule has 1 aromatic rings. The predicted molar refractivity (Wildman–Crippen MR) is 56.3 cm³/mol. The minimum absolute atomic E-state index is 0.200. The third-order valence-corrected chi connectivity index (χ3v) is 4.92. The van der Waals surface area contributed by atoms with Gasteiger partial charge in [0.1, 0.15) is 3.81 Å². The second-order valence-corrected chi connectivity index (χ2v) is 5.71. The molecule has 0 unspecified atom stereocenters. The van der Waals surface area contributed by atoms with Crippen LogP contribution in [0.15, 0.2) is 45.1 Å². The van der Waals surface area contributed by atoms with E-state index in [1.165, 1.54) is 6.08 Å². The second kappa shape index (κ2) is 4.07. The molecule has 13 heavy (non-hydrogen) atoms. The van der Waals surface area contributed by atoms with Gasteiger partial charge in [0.15, 0.2) is 0 Å². The Balaban J connectivity index is 3.25. The molecule has 0 radical (unpaired) electrons. The Morgan fingerprint density at radius 2 is 1.85 bits per heavy atom. The first-order valence-corrected chi connectivity index (χ1v) is 5.98. The molecule has 0 bridgehead atoms. The van der Waals surface area contributed by atoms with Gasteiger partial charge in [-0.1, -0.05) is 24.3 Å². The monoisotopic (exact) mass is 260 g/mol. The summed E-state index contributed by atoms with van der Waals surface area (Å²) in [5, 5.41) is 0. The van der Waals surface area contributed by atoms with Gasteiger partial charge in [-0.05, 0) is 35.0 Å². The molecule has 0 N–H and O–H groups in total. The van der Waals surface area contributed by atoms with Crippen LogP contribution in [-0.2, 0) is 9.84 Å². The number of hydrogen-bond donors (Lipinski definition) is 0. The normalized spacial score (nSPS) is 12.9. The lowest BCUT2D eigenvalue weighted by Crippen LogP contribution is -1.99. The fraction of sp³-hybridized carbons (Fsp3) is 0.111. The predicted octanol–water partition coefficient (Wildman–Crippen LogP) is 2.72. The highest BCUT2D eigenvalue weighted by Crippen LogP contribution is 2.22. The SMILES string of the molecule is C/C=C(\Br)S(=O)(=O)c1ccccc1. The summed E-state index contributed by atoms with van der Waals surface area (Å²) in [5.74, 6) is 0. The number of rotatable bonds is 2. The van der Waals surface area contributed by atoms with E-state index < -0.39 is 9.84 Å². The fourth-order valence-corrected chi connectivity index (χ4v) is 2.48. The van der Waals surface area contributed by atoms with Crippen molar-refractivity contribution in [2.75, 3.05) is 0 Å². The molecule has 1 aromatic carbocycles. The van der Waals surface area contributed by atoms with Crippen LogP contribution < -0.4 is 0 Å². The topological polar surface area (TPSA) is 34.1 Å². The molecule has 0 aromatic heterocycles. The lowest BCUT2D eigenvalue weighted by molar-refractivity contribution is 0.604. The Morgan fingerprint density at radius 1 is 1.31 bits per heavy atom. The summed E-state index contributed by atoms with van der Waals surface area (Å²) >= 11 is 3.01. The highest BCUT2D eigenvalue weighted by Gasteiger charge is 2.16. The maximum atomic E-state index is 11.6. The van der Waals surface area contributed by atoms with E-state index in [1.807, 2.05) is 0 Å². The second-order valence-electron chi connectivity index (χ2n) is 2.41. The standard InChI is InChI=1S/C9H9BrO2S/c1-2-9(10)13(11,12)8-6-4-3-5-7-8/h2-7H,1H3/b9-2+. The third-order valence-electron chi connectivity index (χ3n) is 1.54. The summed E-state index contributed by atoms with van der Waals surface area (Å²) in [6, 6.07) is 8.31. The minimum Gasteiger partial charge on any atom is -0.218 e. The Kier molecular flexibility index (Phi) is 3.27. The van der Waals surface area contributed by atoms with Crippen molar-refractivity contribution in [1.29, 1.82) is 0 Å². The van der Waals surface area contributed by atoms with Gasteiger partial charge in [0.25, 0.3) is 0 Å². The Hall–Kier alpha value is -0.610. The molecule has 0 amide bonds. The zero-order valence-corrected chi connectivity index (χ0v) is 9.47. The molecule has 0 aliphatic heterocycles. The van der Waals surface area contributed by atoms with Crippen molar-refractivity contribution in [3.8, 4) is 0 Å². The quantitative estimate of drug-likeness (QED) is 0.820. The number of halogens is 1. The lowest BCUT2D eigenvalue weighted by atomic mass is 10.4. The molecule has 0 fully saturated rings. The van der Waals surface area contributed by atoms with Crippen molar-refractivity contribution in [3.63, 3.8) is 0 Å². The average Bonchev–Trinajstić information content (AvgIpc) is 2.18. The minimum atomic E-state index is -3.31. The van der Waals surface area contributed by atoms with Crippen LogP contribution in [0, 0.1) is 0 Å². The van der Waals surface area contributed by atoms with E-state index in [2.05, 4.69) is 15.9 Å². The zero-order chi connectivity index (χ0) is 9.90. The largest absolute Gasteiger partial charge is 0.218 e. The van der Waals surface area contributed by atoms with Gasteiger partial charge in [0.2, 0.25) is 9.84 Å². The van der Waals surface area contributed by atoms with Crippen LogP contribution in [0.3, 0.4) is 0 Å². The molecule has 2 nitrogen and oxygen atoms in total. The molecular formula is C9H9BrO2S. The first kappa shape index (κ1) is 10.5. The molecule has 70 valence electrons. The van der Waals surface area contributed by atoms with Gasteiger partial charge in [-0.2, -0.15) is 0 Å². The Bertz CT molecular complexity index is 407. The smallest absolute Gasteiger partial charge is 0.212 e. The molecular weight excluding hydrogens is 252 g/mol. The summed E-state index contributed by atoms with van der Waals surface area (Å²) in [7, 11) is -3.31. The number of hydrogen-bond acceptors (Lipinski definition) is 2. The van der Waals surface area contributed by atoms with E-state index in [-0.39, 0.29) is 3.81 Å². The molecule has 1 rings (SSSR count). The van der Waals surface area contributed by atoms with Crippen LogP contribution in [0.1, 0.15) is 6.92 Å². The van der Waals surface area contributed by atoms with Crippen LogP contribution in [0.4, 0.5) is 0 Å². The molecule has 0 saturated heterocycles. The van der Waals surface area contributed by atoms with Gasteiger partial charge in [-0.3, -0.25) is 0 Å². The van der Waals surface area contributed by atoms with E-state index in [1.54, 1.807) is 37.3 Å². The van der Waals surface area contributed by atoms with Crippen molar-refractivity contribution in [2.45, 2.75) is 11.8 Å². The summed E-state index contributed by atoms with van der Waals surface area (Å²) in [4.78, 5) is 0.306. The first-order valence-electron chi connectivity index (χ1n) is 3.71. The van der Waals surface area contributed by atoms with Crippen LogP contribution in [0.5, 0.6) is 0 Å². The van der Waals surface area contributed by atoms with Crippen LogP contribution in [0.2, 0.25) is 0 Å². The molecule has 0 heterocycles. The van der Waals surface area contributed by atoms with Crippen molar-refractivity contribution >= 4 is 25.8 Å². The molecule has 0 spiro atoms. The molecule has 0 aliphatic carbocycles. The summed E-state index contributed by atoms with van der Waals surface area (Å²) < 4.78 is 23.5. The Labute approximate surface area is 86.3 Å². The summed E-state index contributed by atoms with van der Waals surface area (Å²) in [6.07, 6.45) is 1.52. The average molecular weight is 261 g/mol. The van der Waals surface area contributed by atoms with Gasteiger partial charge < -0.3 is 0 Å². The van der Waals surface area contributed by atoms with Gasteiger partial charge in [0.05, 0.1) is 4.90 Å². The summed E-state index contributed by atoms with van der Waals surface area (Å²) in [6.45, 7) is 1.67. The highest BCUT2D eigenvalue weighted by atomic mass is 79.9. The van der Waals surface area contributed by atoms with Crippen molar-refractivity contribution in [3.05, 3.63) is 40.2 Å². The maximum Gasteiger partial charge on any atom is 0.212 e. The molecule has 0 atom stereocenters. The van der Waals surface area contributed by atoms with Gasteiger partial charge in [0, 0.05) is 0 Å².